The first kappa shape index (κ1) is 13.9. The molecule has 0 radical (unpaired) electrons. The highest BCUT2D eigenvalue weighted by Gasteiger charge is 2.21. The lowest BCUT2D eigenvalue weighted by Gasteiger charge is -2.31. The van der Waals surface area contributed by atoms with Gasteiger partial charge in [-0.1, -0.05) is 33.1 Å². The molecule has 1 rings (SSSR count). The molecule has 1 fully saturated rings. The summed E-state index contributed by atoms with van der Waals surface area (Å²) in [6.07, 6.45) is 6.34. The third-order valence-corrected chi connectivity index (χ3v) is 4.55. The van der Waals surface area contributed by atoms with E-state index in [4.69, 9.17) is 0 Å². The lowest BCUT2D eigenvalue weighted by Crippen LogP contribution is -2.39. The highest BCUT2D eigenvalue weighted by Crippen LogP contribution is 2.22. The highest BCUT2D eigenvalue weighted by molar-refractivity contribution is 7.99. The predicted octanol–water partition coefficient (Wildman–Crippen LogP) is 3.17. The fourth-order valence-corrected chi connectivity index (χ4v) is 3.12. The second kappa shape index (κ2) is 7.21. The quantitative estimate of drug-likeness (QED) is 0.739. The summed E-state index contributed by atoms with van der Waals surface area (Å²) in [5.41, 5.74) is 0. The molecule has 1 saturated carbocycles. The van der Waals surface area contributed by atoms with Crippen LogP contribution in [-0.2, 0) is 4.79 Å². The molecule has 0 spiro atoms. The molecule has 2 nitrogen and oxygen atoms in total. The van der Waals surface area contributed by atoms with Crippen LogP contribution in [-0.4, -0.2) is 35.4 Å². The van der Waals surface area contributed by atoms with Crippen molar-refractivity contribution in [3.63, 3.8) is 0 Å². The number of carbonyl (C=O) groups excluding carboxylic acids is 1. The van der Waals surface area contributed by atoms with Crippen LogP contribution in [0.3, 0.4) is 0 Å². The first-order valence-electron chi connectivity index (χ1n) is 6.44. The van der Waals surface area contributed by atoms with Crippen LogP contribution in [0.1, 0.15) is 46.0 Å². The number of hydrogen-bond acceptors (Lipinski definition) is 2. The standard InChI is InChI=1S/C13H25NOS/c1-11(2)9-16-10-13(15)14(3)12-7-5-4-6-8-12/h11-12H,4-10H2,1-3H3. The lowest BCUT2D eigenvalue weighted by molar-refractivity contribution is -0.129. The van der Waals surface area contributed by atoms with E-state index in [9.17, 15) is 4.79 Å². The summed E-state index contributed by atoms with van der Waals surface area (Å²) < 4.78 is 0. The summed E-state index contributed by atoms with van der Waals surface area (Å²) in [6.45, 7) is 4.39. The third kappa shape index (κ3) is 4.77. The van der Waals surface area contributed by atoms with Crippen molar-refractivity contribution in [2.45, 2.75) is 52.0 Å². The zero-order valence-electron chi connectivity index (χ0n) is 10.9. The fourth-order valence-electron chi connectivity index (χ4n) is 2.16. The predicted molar refractivity (Wildman–Crippen MR) is 71.8 cm³/mol. The van der Waals surface area contributed by atoms with Crippen molar-refractivity contribution in [3.8, 4) is 0 Å². The van der Waals surface area contributed by atoms with Crippen LogP contribution < -0.4 is 0 Å². The molecular weight excluding hydrogens is 218 g/mol. The Hall–Kier alpha value is -0.180. The van der Waals surface area contributed by atoms with Gasteiger partial charge in [0.2, 0.25) is 5.91 Å². The van der Waals surface area contributed by atoms with Crippen LogP contribution >= 0.6 is 11.8 Å². The van der Waals surface area contributed by atoms with Crippen molar-refractivity contribution >= 4 is 17.7 Å². The monoisotopic (exact) mass is 243 g/mol. The molecule has 0 saturated heterocycles. The topological polar surface area (TPSA) is 20.3 Å². The Morgan fingerprint density at radius 2 is 1.94 bits per heavy atom. The molecule has 1 amide bonds. The number of nitrogens with zero attached hydrogens (tertiary/aromatic N) is 1. The second-order valence-electron chi connectivity index (χ2n) is 5.21. The maximum absolute atomic E-state index is 11.9. The van der Waals surface area contributed by atoms with E-state index in [1.54, 1.807) is 11.8 Å². The Morgan fingerprint density at radius 3 is 2.50 bits per heavy atom. The molecule has 0 aromatic carbocycles. The molecule has 1 aliphatic rings. The average Bonchev–Trinajstić information content (AvgIpc) is 2.28. The summed E-state index contributed by atoms with van der Waals surface area (Å²) in [7, 11) is 1.98. The largest absolute Gasteiger partial charge is 0.342 e. The molecule has 0 bridgehead atoms. The molecule has 0 N–H and O–H groups in total. The van der Waals surface area contributed by atoms with Gasteiger partial charge in [0.15, 0.2) is 0 Å². The minimum absolute atomic E-state index is 0.317. The van der Waals surface area contributed by atoms with E-state index in [0.29, 0.717) is 23.6 Å². The van der Waals surface area contributed by atoms with Gasteiger partial charge in [-0.05, 0) is 24.5 Å². The Kier molecular flexibility index (Phi) is 6.25. The first-order valence-corrected chi connectivity index (χ1v) is 7.60. The van der Waals surface area contributed by atoms with Gasteiger partial charge in [-0.25, -0.2) is 0 Å². The molecule has 0 aliphatic heterocycles. The maximum Gasteiger partial charge on any atom is 0.232 e. The van der Waals surface area contributed by atoms with E-state index >= 15 is 0 Å². The van der Waals surface area contributed by atoms with Gasteiger partial charge in [0.1, 0.15) is 0 Å². The van der Waals surface area contributed by atoms with Crippen LogP contribution in [0, 0.1) is 5.92 Å². The lowest BCUT2D eigenvalue weighted by atomic mass is 9.94. The van der Waals surface area contributed by atoms with Crippen LogP contribution in [0.25, 0.3) is 0 Å². The minimum Gasteiger partial charge on any atom is -0.342 e. The Bertz CT molecular complexity index is 212. The average molecular weight is 243 g/mol. The molecule has 0 aromatic rings. The van der Waals surface area contributed by atoms with E-state index in [0.717, 1.165) is 5.75 Å². The molecule has 16 heavy (non-hydrogen) atoms. The van der Waals surface area contributed by atoms with Crippen molar-refractivity contribution in [2.75, 3.05) is 18.6 Å². The summed E-state index contributed by atoms with van der Waals surface area (Å²) in [5, 5.41) is 0. The molecule has 0 aromatic heterocycles. The number of thioether (sulfide) groups is 1. The molecule has 0 atom stereocenters. The number of amides is 1. The van der Waals surface area contributed by atoms with Gasteiger partial charge in [-0.2, -0.15) is 11.8 Å². The summed E-state index contributed by atoms with van der Waals surface area (Å²) >= 11 is 1.77. The van der Waals surface area contributed by atoms with Gasteiger partial charge < -0.3 is 4.90 Å². The van der Waals surface area contributed by atoms with E-state index < -0.39 is 0 Å². The smallest absolute Gasteiger partial charge is 0.232 e. The van der Waals surface area contributed by atoms with E-state index in [-0.39, 0.29) is 0 Å². The van der Waals surface area contributed by atoms with Gasteiger partial charge in [-0.3, -0.25) is 4.79 Å². The maximum atomic E-state index is 11.9. The molecule has 0 unspecified atom stereocenters. The van der Waals surface area contributed by atoms with Crippen molar-refractivity contribution in [1.82, 2.24) is 4.90 Å². The number of rotatable bonds is 5. The van der Waals surface area contributed by atoms with Gasteiger partial charge >= 0.3 is 0 Å². The van der Waals surface area contributed by atoms with Crippen molar-refractivity contribution < 1.29 is 4.79 Å². The highest BCUT2D eigenvalue weighted by atomic mass is 32.2. The van der Waals surface area contributed by atoms with Crippen LogP contribution in [0.15, 0.2) is 0 Å². The Morgan fingerprint density at radius 1 is 1.31 bits per heavy atom. The SMILES string of the molecule is CC(C)CSCC(=O)N(C)C1CCCCC1. The fraction of sp³-hybridized carbons (Fsp3) is 0.923. The van der Waals surface area contributed by atoms with E-state index in [1.807, 2.05) is 11.9 Å². The molecule has 1 aliphatic carbocycles. The normalized spacial score (nSPS) is 17.8. The summed E-state index contributed by atoms with van der Waals surface area (Å²) in [6, 6.07) is 0.515. The van der Waals surface area contributed by atoms with Gasteiger partial charge in [0, 0.05) is 13.1 Å². The zero-order valence-corrected chi connectivity index (χ0v) is 11.7. The van der Waals surface area contributed by atoms with E-state index in [1.165, 1.54) is 32.1 Å². The van der Waals surface area contributed by atoms with Crippen molar-refractivity contribution in [2.24, 2.45) is 5.92 Å². The zero-order chi connectivity index (χ0) is 12.0. The Labute approximate surface area is 104 Å². The Balaban J connectivity index is 2.23. The van der Waals surface area contributed by atoms with Gasteiger partial charge in [0.25, 0.3) is 0 Å². The first-order chi connectivity index (χ1) is 7.61. The molecule has 94 valence electrons. The molecule has 3 heteroatoms. The van der Waals surface area contributed by atoms with Crippen LogP contribution in [0.2, 0.25) is 0 Å². The van der Waals surface area contributed by atoms with Crippen molar-refractivity contribution in [3.05, 3.63) is 0 Å². The van der Waals surface area contributed by atoms with Gasteiger partial charge in [-0.15, -0.1) is 0 Å². The summed E-state index contributed by atoms with van der Waals surface area (Å²) in [5.74, 6) is 2.74. The van der Waals surface area contributed by atoms with Crippen molar-refractivity contribution in [1.29, 1.82) is 0 Å². The van der Waals surface area contributed by atoms with Crippen LogP contribution in [0.4, 0.5) is 0 Å². The van der Waals surface area contributed by atoms with Crippen LogP contribution in [0.5, 0.6) is 0 Å². The number of hydrogen-bond donors (Lipinski definition) is 0. The molecular formula is C13H25NOS. The minimum atomic E-state index is 0.317. The second-order valence-corrected chi connectivity index (χ2v) is 6.24. The number of carbonyl (C=O) groups is 1. The van der Waals surface area contributed by atoms with E-state index in [2.05, 4.69) is 13.8 Å². The molecule has 0 heterocycles. The summed E-state index contributed by atoms with van der Waals surface area (Å²) in [4.78, 5) is 13.9. The van der Waals surface area contributed by atoms with Gasteiger partial charge in [0.05, 0.1) is 5.75 Å². The third-order valence-electron chi connectivity index (χ3n) is 3.19.